The molecule has 2 aromatic carbocycles. The van der Waals surface area contributed by atoms with Crippen LogP contribution in [0.1, 0.15) is 39.1 Å². The average molecular weight is 528 g/mol. The van der Waals surface area contributed by atoms with Crippen LogP contribution in [-0.2, 0) is 20.9 Å². The van der Waals surface area contributed by atoms with Crippen LogP contribution < -0.4 is 27.0 Å². The van der Waals surface area contributed by atoms with Gasteiger partial charge in [0.25, 0.3) is 11.6 Å². The maximum absolute atomic E-state index is 13.2. The number of amides is 4. The zero-order valence-corrected chi connectivity index (χ0v) is 19.7. The highest BCUT2D eigenvalue weighted by Gasteiger charge is 2.29. The Morgan fingerprint density at radius 1 is 1.03 bits per heavy atom. The molecule has 0 radical (unpaired) electrons. The lowest BCUT2D eigenvalue weighted by Gasteiger charge is -2.24. The van der Waals surface area contributed by atoms with Crippen molar-refractivity contribution in [2.45, 2.75) is 31.5 Å². The van der Waals surface area contributed by atoms with Crippen molar-refractivity contribution in [2.75, 3.05) is 17.2 Å². The number of carboxylic acids is 1. The number of anilines is 2. The Labute approximate surface area is 214 Å². The number of carbonyl (C=O) groups excluding carboxylic acids is 4. The van der Waals surface area contributed by atoms with Gasteiger partial charge in [0.15, 0.2) is 0 Å². The van der Waals surface area contributed by atoms with Crippen molar-refractivity contribution in [1.82, 2.24) is 10.6 Å². The molecular weight excluding hydrogens is 504 g/mol. The van der Waals surface area contributed by atoms with Gasteiger partial charge in [-0.15, -0.1) is 0 Å². The van der Waals surface area contributed by atoms with Crippen LogP contribution in [0.4, 0.5) is 17.1 Å². The number of nitrogens with zero attached hydrogens (tertiary/aromatic N) is 1. The van der Waals surface area contributed by atoms with E-state index in [0.717, 1.165) is 12.1 Å². The van der Waals surface area contributed by atoms with Crippen LogP contribution in [0.15, 0.2) is 36.4 Å². The van der Waals surface area contributed by atoms with Crippen LogP contribution in [0, 0.1) is 10.1 Å². The molecule has 200 valence electrons. The minimum absolute atomic E-state index is 0.0364. The normalized spacial score (nSPS) is 17.9. The molecule has 0 aliphatic carbocycles. The third-order valence-electron chi connectivity index (χ3n) is 5.66. The van der Waals surface area contributed by atoms with Gasteiger partial charge in [0.2, 0.25) is 17.7 Å². The highest BCUT2D eigenvalue weighted by atomic mass is 16.6. The summed E-state index contributed by atoms with van der Waals surface area (Å²) in [6.45, 7) is -0.888. The summed E-state index contributed by atoms with van der Waals surface area (Å²) in [6, 6.07) is 4.62. The number of nitro groups is 1. The molecule has 4 amide bonds. The van der Waals surface area contributed by atoms with E-state index in [9.17, 15) is 39.2 Å². The minimum atomic E-state index is -1.51. The fourth-order valence-corrected chi connectivity index (χ4v) is 3.64. The highest BCUT2D eigenvalue weighted by Crippen LogP contribution is 2.25. The summed E-state index contributed by atoms with van der Waals surface area (Å²) in [6.07, 6.45) is -0.910. The highest BCUT2D eigenvalue weighted by molar-refractivity contribution is 6.04. The van der Waals surface area contributed by atoms with E-state index < -0.39 is 65.3 Å². The zero-order chi connectivity index (χ0) is 28.0. The third-order valence-corrected chi connectivity index (χ3v) is 5.66. The molecule has 8 N–H and O–H groups in total. The predicted molar refractivity (Wildman–Crippen MR) is 131 cm³/mol. The lowest BCUT2D eigenvalue weighted by atomic mass is 10.0. The van der Waals surface area contributed by atoms with Gasteiger partial charge in [0.1, 0.15) is 12.1 Å². The van der Waals surface area contributed by atoms with Crippen molar-refractivity contribution >= 4 is 46.7 Å². The molecule has 0 saturated heterocycles. The number of carbonyl (C=O) groups is 5. The summed E-state index contributed by atoms with van der Waals surface area (Å²) in [4.78, 5) is 72.4. The number of nitrogens with two attached hydrogens (primary N) is 1. The van der Waals surface area contributed by atoms with Crippen molar-refractivity contribution in [2.24, 2.45) is 5.73 Å². The summed E-state index contributed by atoms with van der Waals surface area (Å²) in [5.41, 5.74) is 5.43. The number of rotatable bonds is 6. The van der Waals surface area contributed by atoms with E-state index in [1.165, 1.54) is 24.3 Å². The number of hydrogen-bond donors (Lipinski definition) is 7. The van der Waals surface area contributed by atoms with Gasteiger partial charge >= 0.3 is 5.97 Å². The fourth-order valence-electron chi connectivity index (χ4n) is 3.64. The molecule has 0 bridgehead atoms. The molecule has 1 aliphatic heterocycles. The number of aliphatic hydroxyl groups is 1. The van der Waals surface area contributed by atoms with E-state index in [4.69, 9.17) is 10.8 Å². The zero-order valence-electron chi connectivity index (χ0n) is 19.7. The van der Waals surface area contributed by atoms with E-state index in [2.05, 4.69) is 21.3 Å². The Kier molecular flexibility index (Phi) is 8.54. The number of aliphatic hydroxyl groups excluding tert-OH is 1. The SMILES string of the molecule is NC(=O)c1ccc2c(c1)NC(=O)[C@H](CO)NC(=O)[C@H](CCC(=O)O)NC(=O)c1cc([N+](=O)[O-])ccc1NC2. The summed E-state index contributed by atoms with van der Waals surface area (Å²) in [5.74, 6) is -4.80. The second kappa shape index (κ2) is 11.8. The molecule has 0 fully saturated rings. The minimum Gasteiger partial charge on any atom is -0.481 e. The first-order chi connectivity index (χ1) is 18.0. The molecule has 38 heavy (non-hydrogen) atoms. The molecule has 0 unspecified atom stereocenters. The second-order valence-electron chi connectivity index (χ2n) is 8.27. The van der Waals surface area contributed by atoms with Crippen LogP contribution in [0.2, 0.25) is 0 Å². The molecule has 15 nitrogen and oxygen atoms in total. The quantitative estimate of drug-likeness (QED) is 0.190. The Morgan fingerprint density at radius 2 is 1.76 bits per heavy atom. The van der Waals surface area contributed by atoms with Gasteiger partial charge in [0.05, 0.1) is 17.1 Å². The Hall–Kier alpha value is -5.05. The van der Waals surface area contributed by atoms with Crippen molar-refractivity contribution < 1.29 is 39.1 Å². The summed E-state index contributed by atoms with van der Waals surface area (Å²) in [7, 11) is 0. The van der Waals surface area contributed by atoms with Gasteiger partial charge in [-0.3, -0.25) is 34.1 Å². The van der Waals surface area contributed by atoms with Crippen LogP contribution >= 0.6 is 0 Å². The molecule has 1 heterocycles. The maximum Gasteiger partial charge on any atom is 0.303 e. The first kappa shape index (κ1) is 27.5. The van der Waals surface area contributed by atoms with Crippen LogP contribution in [0.25, 0.3) is 0 Å². The van der Waals surface area contributed by atoms with E-state index >= 15 is 0 Å². The monoisotopic (exact) mass is 528 g/mol. The largest absolute Gasteiger partial charge is 0.481 e. The van der Waals surface area contributed by atoms with Crippen LogP contribution in [0.5, 0.6) is 0 Å². The van der Waals surface area contributed by atoms with Gasteiger partial charge in [-0.2, -0.15) is 0 Å². The Morgan fingerprint density at radius 3 is 2.39 bits per heavy atom. The number of primary amides is 1. The first-order valence-corrected chi connectivity index (χ1v) is 11.2. The van der Waals surface area contributed by atoms with E-state index in [-0.39, 0.29) is 35.5 Å². The van der Waals surface area contributed by atoms with Crippen molar-refractivity contribution in [3.63, 3.8) is 0 Å². The number of hydrogen-bond acceptors (Lipinski definition) is 9. The van der Waals surface area contributed by atoms with Gasteiger partial charge in [0, 0.05) is 42.0 Å². The third kappa shape index (κ3) is 6.58. The summed E-state index contributed by atoms with van der Waals surface area (Å²) < 4.78 is 0. The lowest BCUT2D eigenvalue weighted by Crippen LogP contribution is -2.54. The Balaban J connectivity index is 2.11. The van der Waals surface area contributed by atoms with Gasteiger partial charge in [-0.05, 0) is 30.2 Å². The van der Waals surface area contributed by atoms with Gasteiger partial charge < -0.3 is 37.2 Å². The van der Waals surface area contributed by atoms with E-state index in [0.29, 0.717) is 5.56 Å². The molecule has 0 spiro atoms. The molecule has 3 rings (SSSR count). The summed E-state index contributed by atoms with van der Waals surface area (Å²) in [5, 5.41) is 40.2. The molecule has 0 aromatic heterocycles. The van der Waals surface area contributed by atoms with Crippen molar-refractivity contribution in [3.8, 4) is 0 Å². The van der Waals surface area contributed by atoms with Gasteiger partial charge in [-0.1, -0.05) is 6.07 Å². The molecule has 15 heteroatoms. The van der Waals surface area contributed by atoms with Crippen LogP contribution in [0.3, 0.4) is 0 Å². The van der Waals surface area contributed by atoms with Gasteiger partial charge in [-0.25, -0.2) is 0 Å². The standard InChI is InChI=1S/C23H24N6O9/c24-20(33)11-1-2-12-9-25-15-4-3-13(29(37)38)8-14(15)21(34)26-16(5-6-19(31)32)22(35)28-18(10-30)23(36)27-17(12)7-11/h1-4,7-8,16,18,25,30H,5-6,9-10H2,(H2,24,33)(H,26,34)(H,27,36)(H,28,35)(H,31,32)/t16-,18-/m0/s1. The summed E-state index contributed by atoms with van der Waals surface area (Å²) >= 11 is 0. The van der Waals surface area contributed by atoms with E-state index in [1.54, 1.807) is 0 Å². The first-order valence-electron chi connectivity index (χ1n) is 11.2. The molecular formula is C23H24N6O9. The number of nitro benzene ring substituents is 1. The number of fused-ring (bicyclic) bond motifs is 2. The van der Waals surface area contributed by atoms with Crippen LogP contribution in [-0.4, -0.2) is 63.4 Å². The number of aliphatic carboxylic acids is 1. The number of carboxylic acid groups (broad SMARTS) is 1. The number of benzene rings is 2. The average Bonchev–Trinajstić information content (AvgIpc) is 2.87. The number of non-ortho nitro benzene ring substituents is 1. The topological polar surface area (TPSA) is 243 Å². The molecule has 1 aliphatic rings. The van der Waals surface area contributed by atoms with E-state index in [1.807, 2.05) is 0 Å². The van der Waals surface area contributed by atoms with Crippen molar-refractivity contribution in [1.29, 1.82) is 0 Å². The van der Waals surface area contributed by atoms with Crippen molar-refractivity contribution in [3.05, 3.63) is 63.2 Å². The smallest absolute Gasteiger partial charge is 0.303 e. The Bertz CT molecular complexity index is 1310. The maximum atomic E-state index is 13.2. The molecule has 2 aromatic rings. The fraction of sp³-hybridized carbons (Fsp3) is 0.261. The lowest BCUT2D eigenvalue weighted by molar-refractivity contribution is -0.384. The molecule has 0 saturated carbocycles. The second-order valence-corrected chi connectivity index (χ2v) is 8.27. The predicted octanol–water partition coefficient (Wildman–Crippen LogP) is -0.302. The molecule has 2 atom stereocenters. The number of nitrogens with one attached hydrogen (secondary N) is 4.